The van der Waals surface area contributed by atoms with Crippen LogP contribution in [0.4, 0.5) is 5.69 Å². The van der Waals surface area contributed by atoms with Gasteiger partial charge in [-0.15, -0.1) is 0 Å². The topological polar surface area (TPSA) is 27.6 Å². The highest BCUT2D eigenvalue weighted by Crippen LogP contribution is 2.32. The smallest absolute Gasteiger partial charge is 0.198 e. The summed E-state index contributed by atoms with van der Waals surface area (Å²) >= 11 is 12.4. The molecule has 5 heteroatoms. The van der Waals surface area contributed by atoms with E-state index in [9.17, 15) is 0 Å². The Morgan fingerprint density at radius 2 is 1.73 bits per heavy atom. The van der Waals surface area contributed by atoms with E-state index in [1.165, 1.54) is 11.1 Å². The number of rotatable bonds is 2. The lowest BCUT2D eigenvalue weighted by Crippen LogP contribution is -2.31. The molecular weight excluding hydrogens is 317 g/mol. The Balaban J connectivity index is 1.79. The van der Waals surface area contributed by atoms with Gasteiger partial charge in [-0.05, 0) is 24.6 Å². The normalized spacial score (nSPS) is 17.5. The van der Waals surface area contributed by atoms with Gasteiger partial charge < -0.3 is 10.2 Å². The second-order valence-corrected chi connectivity index (χ2v) is 6.24. The molecule has 2 aromatic rings. The van der Waals surface area contributed by atoms with Crippen molar-refractivity contribution in [3.8, 4) is 0 Å². The predicted octanol–water partition coefficient (Wildman–Crippen LogP) is 4.76. The fourth-order valence-electron chi connectivity index (χ4n) is 2.53. The minimum atomic E-state index is 0.226. The highest BCUT2D eigenvalue weighted by Gasteiger charge is 2.26. The molecule has 1 unspecified atom stereocenters. The summed E-state index contributed by atoms with van der Waals surface area (Å²) in [7, 11) is 2.02. The van der Waals surface area contributed by atoms with E-state index >= 15 is 0 Å². The second kappa shape index (κ2) is 6.19. The molecule has 1 aliphatic rings. The van der Waals surface area contributed by atoms with E-state index in [1.54, 1.807) is 0 Å². The number of likely N-dealkylation sites (N-methyl/N-ethyl adjacent to an activating group) is 1. The van der Waals surface area contributed by atoms with E-state index in [1.807, 2.05) is 25.2 Å². The van der Waals surface area contributed by atoms with Gasteiger partial charge in [0.1, 0.15) is 0 Å². The standard InChI is InChI=1S/C17H17Cl2N3/c1-11-6-8-12(9-7-11)15-10-20-17(22(15)2)21-16-13(18)4-3-5-14(16)19/h3-9,15H,10H2,1-2H3,(H,20,21). The molecule has 1 N–H and O–H groups in total. The first-order valence-corrected chi connectivity index (χ1v) is 7.87. The molecule has 3 nitrogen and oxygen atoms in total. The molecule has 0 bridgehead atoms. The summed E-state index contributed by atoms with van der Waals surface area (Å²) in [5, 5.41) is 4.42. The minimum absolute atomic E-state index is 0.226. The Labute approximate surface area is 140 Å². The Morgan fingerprint density at radius 1 is 1.09 bits per heavy atom. The summed E-state index contributed by atoms with van der Waals surface area (Å²) < 4.78 is 0. The highest BCUT2D eigenvalue weighted by molar-refractivity contribution is 6.39. The van der Waals surface area contributed by atoms with Crippen molar-refractivity contribution in [1.29, 1.82) is 0 Å². The van der Waals surface area contributed by atoms with Gasteiger partial charge in [-0.3, -0.25) is 4.99 Å². The maximum atomic E-state index is 6.21. The van der Waals surface area contributed by atoms with Gasteiger partial charge in [0.25, 0.3) is 0 Å². The number of aryl methyl sites for hydroxylation is 1. The minimum Gasteiger partial charge on any atom is -0.337 e. The number of hydrogen-bond donors (Lipinski definition) is 1. The number of benzene rings is 2. The van der Waals surface area contributed by atoms with Gasteiger partial charge in [-0.2, -0.15) is 0 Å². The first-order valence-electron chi connectivity index (χ1n) is 7.11. The number of guanidine groups is 1. The van der Waals surface area contributed by atoms with Gasteiger partial charge in [-0.1, -0.05) is 59.1 Å². The lowest BCUT2D eigenvalue weighted by atomic mass is 10.1. The van der Waals surface area contributed by atoms with Crippen molar-refractivity contribution in [1.82, 2.24) is 4.90 Å². The molecule has 3 rings (SSSR count). The Hall–Kier alpha value is -1.71. The van der Waals surface area contributed by atoms with Crippen LogP contribution in [0.2, 0.25) is 10.0 Å². The van der Waals surface area contributed by atoms with Crippen molar-refractivity contribution < 1.29 is 0 Å². The quantitative estimate of drug-likeness (QED) is 0.858. The van der Waals surface area contributed by atoms with E-state index in [4.69, 9.17) is 23.2 Å². The van der Waals surface area contributed by atoms with E-state index < -0.39 is 0 Å². The Morgan fingerprint density at radius 3 is 2.36 bits per heavy atom. The molecule has 0 aromatic heterocycles. The summed E-state index contributed by atoms with van der Waals surface area (Å²) in [5.41, 5.74) is 3.20. The maximum Gasteiger partial charge on any atom is 0.198 e. The molecule has 0 spiro atoms. The average molecular weight is 334 g/mol. The number of nitrogens with zero attached hydrogens (tertiary/aromatic N) is 2. The molecule has 0 radical (unpaired) electrons. The molecule has 22 heavy (non-hydrogen) atoms. The van der Waals surface area contributed by atoms with Crippen LogP contribution in [0, 0.1) is 6.92 Å². The number of aliphatic imine (C=N–C) groups is 1. The number of anilines is 1. The third-order valence-corrected chi connectivity index (χ3v) is 4.51. The molecule has 1 atom stereocenters. The predicted molar refractivity (Wildman–Crippen MR) is 94.1 cm³/mol. The van der Waals surface area contributed by atoms with Crippen LogP contribution in [0.5, 0.6) is 0 Å². The number of nitrogens with one attached hydrogen (secondary N) is 1. The zero-order chi connectivity index (χ0) is 15.7. The van der Waals surface area contributed by atoms with Crippen molar-refractivity contribution in [3.05, 3.63) is 63.6 Å². The zero-order valence-electron chi connectivity index (χ0n) is 12.5. The molecule has 0 amide bonds. The van der Waals surface area contributed by atoms with Gasteiger partial charge in [0.2, 0.25) is 0 Å². The molecule has 1 heterocycles. The van der Waals surface area contributed by atoms with Crippen LogP contribution < -0.4 is 5.32 Å². The van der Waals surface area contributed by atoms with Crippen molar-refractivity contribution in [2.24, 2.45) is 4.99 Å². The lowest BCUT2D eigenvalue weighted by molar-refractivity contribution is 0.416. The largest absolute Gasteiger partial charge is 0.337 e. The van der Waals surface area contributed by atoms with Crippen LogP contribution in [0.1, 0.15) is 17.2 Å². The summed E-state index contributed by atoms with van der Waals surface area (Å²) in [6.07, 6.45) is 0. The van der Waals surface area contributed by atoms with E-state index in [2.05, 4.69) is 46.4 Å². The third-order valence-electron chi connectivity index (χ3n) is 3.88. The molecular formula is C17H17Cl2N3. The van der Waals surface area contributed by atoms with Gasteiger partial charge in [0.05, 0.1) is 28.3 Å². The van der Waals surface area contributed by atoms with Crippen molar-refractivity contribution >= 4 is 34.8 Å². The van der Waals surface area contributed by atoms with Crippen LogP contribution in [0.25, 0.3) is 0 Å². The summed E-state index contributed by atoms with van der Waals surface area (Å²) in [5.74, 6) is 0.778. The first-order chi connectivity index (χ1) is 10.6. The maximum absolute atomic E-state index is 6.21. The van der Waals surface area contributed by atoms with Gasteiger partial charge in [0, 0.05) is 7.05 Å². The summed E-state index contributed by atoms with van der Waals surface area (Å²) in [6, 6.07) is 14.2. The van der Waals surface area contributed by atoms with Crippen molar-refractivity contribution in [3.63, 3.8) is 0 Å². The van der Waals surface area contributed by atoms with Gasteiger partial charge >= 0.3 is 0 Å². The van der Waals surface area contributed by atoms with Crippen LogP contribution in [-0.2, 0) is 0 Å². The Bertz CT molecular complexity index is 690. The highest BCUT2D eigenvalue weighted by atomic mass is 35.5. The number of halogens is 2. The van der Waals surface area contributed by atoms with Crippen molar-refractivity contribution in [2.45, 2.75) is 13.0 Å². The zero-order valence-corrected chi connectivity index (χ0v) is 14.0. The van der Waals surface area contributed by atoms with Crippen LogP contribution >= 0.6 is 23.2 Å². The molecule has 114 valence electrons. The lowest BCUT2D eigenvalue weighted by Gasteiger charge is -2.24. The van der Waals surface area contributed by atoms with Gasteiger partial charge in [-0.25, -0.2) is 0 Å². The van der Waals surface area contributed by atoms with Gasteiger partial charge in [0.15, 0.2) is 5.96 Å². The van der Waals surface area contributed by atoms with E-state index in [-0.39, 0.29) is 6.04 Å². The third kappa shape index (κ3) is 2.92. The molecule has 2 aromatic carbocycles. The van der Waals surface area contributed by atoms with E-state index in [0.29, 0.717) is 22.3 Å². The number of hydrogen-bond acceptors (Lipinski definition) is 3. The second-order valence-electron chi connectivity index (χ2n) is 5.42. The molecule has 1 aliphatic heterocycles. The molecule has 0 saturated heterocycles. The molecule has 0 fully saturated rings. The van der Waals surface area contributed by atoms with Crippen LogP contribution in [-0.4, -0.2) is 24.5 Å². The Kier molecular flexibility index (Phi) is 4.27. The van der Waals surface area contributed by atoms with E-state index in [0.717, 1.165) is 5.96 Å². The SMILES string of the molecule is Cc1ccc(C2CN=C(Nc3c(Cl)cccc3Cl)N2C)cc1. The van der Waals surface area contributed by atoms with Crippen molar-refractivity contribution in [2.75, 3.05) is 18.9 Å². The monoisotopic (exact) mass is 333 g/mol. The first kappa shape index (κ1) is 15.2. The summed E-state index contributed by atoms with van der Waals surface area (Å²) in [6.45, 7) is 2.80. The molecule has 0 saturated carbocycles. The fraction of sp³-hybridized carbons (Fsp3) is 0.235. The molecule has 0 aliphatic carbocycles. The van der Waals surface area contributed by atoms with Crippen LogP contribution in [0.3, 0.4) is 0 Å². The van der Waals surface area contributed by atoms with Crippen LogP contribution in [0.15, 0.2) is 47.5 Å². The number of para-hydroxylation sites is 1. The average Bonchev–Trinajstić information content (AvgIpc) is 2.85. The summed E-state index contributed by atoms with van der Waals surface area (Å²) in [4.78, 5) is 6.70. The fourth-order valence-corrected chi connectivity index (χ4v) is 3.02.